The average Bonchev–Trinajstić information content (AvgIpc) is 1.19. The quantitative estimate of drug-likeness (QED) is 0.0407. The maximum absolute atomic E-state index is 5.64. The van der Waals surface area contributed by atoms with Crippen molar-refractivity contribution in [1.29, 1.82) is 0 Å². The fourth-order valence-electron chi connectivity index (χ4n) is 11.7. The second-order valence-corrected chi connectivity index (χ2v) is 36.5. The molecule has 10 rings (SSSR count). The molecule has 0 aromatic heterocycles. The average molecular weight is 1770 g/mol. The van der Waals surface area contributed by atoms with Gasteiger partial charge in [-0.15, -0.1) is 0 Å². The summed E-state index contributed by atoms with van der Waals surface area (Å²) in [6.45, 7) is 59.3. The minimum atomic E-state index is 0.333. The molecule has 0 saturated carbocycles. The Morgan fingerprint density at radius 2 is 0.602 bits per heavy atom. The van der Waals surface area contributed by atoms with Crippen LogP contribution in [-0.2, 0) is 60.8 Å². The Labute approximate surface area is 798 Å². The van der Waals surface area contributed by atoms with Gasteiger partial charge < -0.3 is 48.7 Å². The normalized spacial score (nSPS) is 12.7. The number of ether oxygens (including phenoxy) is 2. The molecule has 0 bridgehead atoms. The van der Waals surface area contributed by atoms with Crippen LogP contribution in [0.2, 0.25) is 0 Å². The highest BCUT2D eigenvalue weighted by atomic mass is 16.5. The van der Waals surface area contributed by atoms with Gasteiger partial charge in [0.2, 0.25) is 0 Å². The van der Waals surface area contributed by atoms with Crippen molar-refractivity contribution in [2.24, 2.45) is 17.8 Å². The van der Waals surface area contributed by atoms with E-state index in [2.05, 4.69) is 484 Å². The lowest BCUT2D eigenvalue weighted by Gasteiger charge is -2.33. The number of hydrogen-bond acceptors (Lipinski definition) is 10. The fraction of sp³-hybridized carbons (Fsp3) is 0.593. The first kappa shape index (κ1) is 132. The van der Waals surface area contributed by atoms with Crippen LogP contribution in [0.4, 0.5) is 0 Å². The van der Waals surface area contributed by atoms with Gasteiger partial charge in [0, 0.05) is 63.1 Å². The standard InChI is InChI=1S/C14H23NO.C12H19N.6C9H12.C7H17N.C6H15NO.C6H13N.C6H15N.C5H11N.C4H11N.2C2H6/c1-13(12-16-10-9-15(2)3)11-14-7-5-4-6-8-14;1-11(10-13(2)3)9-12-7-5-4-6-8-12;6*1-2-6-9-7-4-3-5-8-9;1-6-7(2,3)8(4)5;1-4-8-6-5-7(2)3;1-6-4-3-5-7(6)2;1-6(2,3)7(4)5;1-5-3-6(2)4-5;1-4-5(2)3;2*1-2/h4-8,13H,9-12H2,1-3H3;4-8,11H,9-10H2,1-3H3;6*3-5,7-8H,2,6H2,1H3;6H2,1-5H3;4-6H2,1-3H3;6H,3-5H2,1-2H3;1-5H3;5H,3-4H2,1-2H3;4H2,1-3H3;2*1-2H3. The van der Waals surface area contributed by atoms with Gasteiger partial charge in [-0.25, -0.2) is 0 Å². The van der Waals surface area contributed by atoms with Crippen LogP contribution in [0, 0.1) is 17.8 Å². The van der Waals surface area contributed by atoms with Crippen molar-refractivity contribution in [3.05, 3.63) is 287 Å². The van der Waals surface area contributed by atoms with Crippen LogP contribution in [-0.4, -0.2) is 227 Å². The van der Waals surface area contributed by atoms with Crippen molar-refractivity contribution in [2.45, 2.75) is 279 Å². The van der Waals surface area contributed by atoms with Crippen molar-refractivity contribution >= 4 is 0 Å². The molecular formula is C118H208N8O2. The van der Waals surface area contributed by atoms with Gasteiger partial charge >= 0.3 is 0 Å². The van der Waals surface area contributed by atoms with Gasteiger partial charge in [-0.1, -0.05) is 385 Å². The largest absolute Gasteiger partial charge is 0.380 e. The highest BCUT2D eigenvalue weighted by molar-refractivity contribution is 5.20. The molecule has 0 N–H and O–H groups in total. The van der Waals surface area contributed by atoms with E-state index in [9.17, 15) is 0 Å². The number of benzene rings is 8. The van der Waals surface area contributed by atoms with Gasteiger partial charge in [-0.3, -0.25) is 0 Å². The summed E-state index contributed by atoms with van der Waals surface area (Å²) in [7, 11) is 29.3. The molecule has 128 heavy (non-hydrogen) atoms. The number of rotatable bonds is 30. The van der Waals surface area contributed by atoms with Gasteiger partial charge in [0.05, 0.1) is 13.2 Å². The van der Waals surface area contributed by atoms with Gasteiger partial charge in [-0.2, -0.15) is 0 Å². The Balaban J connectivity index is -0.000000315. The molecule has 2 fully saturated rings. The Kier molecular flexibility index (Phi) is 96.6. The van der Waals surface area contributed by atoms with E-state index in [0.717, 1.165) is 76.9 Å². The van der Waals surface area contributed by atoms with Crippen molar-refractivity contribution in [1.82, 2.24) is 39.2 Å². The topological polar surface area (TPSA) is 44.4 Å². The number of likely N-dealkylation sites (N-methyl/N-ethyl adjacent to an activating group) is 2. The zero-order chi connectivity index (χ0) is 98.0. The third kappa shape index (κ3) is 92.6. The monoisotopic (exact) mass is 1770 g/mol. The van der Waals surface area contributed by atoms with E-state index in [1.54, 1.807) is 0 Å². The molecular weight excluding hydrogens is 1560 g/mol. The molecule has 2 aliphatic rings. The zero-order valence-electron chi connectivity index (χ0n) is 90.6. The van der Waals surface area contributed by atoms with E-state index >= 15 is 0 Å². The van der Waals surface area contributed by atoms with Crippen molar-refractivity contribution in [3.8, 4) is 0 Å². The summed E-state index contributed by atoms with van der Waals surface area (Å²) in [6.07, 6.45) is 21.0. The summed E-state index contributed by atoms with van der Waals surface area (Å²) in [5.41, 5.74) is 12.2. The molecule has 8 aromatic rings. The molecule has 0 amide bonds. The predicted octanol–water partition coefficient (Wildman–Crippen LogP) is 28.7. The minimum absolute atomic E-state index is 0.333. The third-order valence-electron chi connectivity index (χ3n) is 21.0. The van der Waals surface area contributed by atoms with Gasteiger partial charge in [0.1, 0.15) is 0 Å². The first-order valence-corrected chi connectivity index (χ1v) is 49.8. The molecule has 0 aliphatic carbocycles. The fourth-order valence-corrected chi connectivity index (χ4v) is 11.7. The van der Waals surface area contributed by atoms with Crippen molar-refractivity contribution < 1.29 is 9.47 Å². The first-order valence-electron chi connectivity index (χ1n) is 49.8. The summed E-state index contributed by atoms with van der Waals surface area (Å²) < 4.78 is 10.7. The van der Waals surface area contributed by atoms with Gasteiger partial charge in [-0.05, 0) is 293 Å². The Bertz CT molecular complexity index is 3030. The summed E-state index contributed by atoms with van der Waals surface area (Å²) in [5, 5.41) is 0. The van der Waals surface area contributed by atoms with E-state index in [4.69, 9.17) is 9.47 Å². The smallest absolute Gasteiger partial charge is 0.0593 e. The maximum atomic E-state index is 5.64. The van der Waals surface area contributed by atoms with E-state index in [1.165, 1.54) is 167 Å². The van der Waals surface area contributed by atoms with Crippen LogP contribution in [0.15, 0.2) is 243 Å². The maximum Gasteiger partial charge on any atom is 0.0593 e. The molecule has 0 radical (unpaired) electrons. The summed E-state index contributed by atoms with van der Waals surface area (Å²) >= 11 is 0. The van der Waals surface area contributed by atoms with Gasteiger partial charge in [0.15, 0.2) is 0 Å². The number of hydrogen-bond donors (Lipinski definition) is 0. The highest BCUT2D eigenvalue weighted by Gasteiger charge is 2.18. The van der Waals surface area contributed by atoms with E-state index in [0.29, 0.717) is 17.0 Å². The van der Waals surface area contributed by atoms with E-state index in [1.807, 2.05) is 48.7 Å². The molecule has 2 aliphatic heterocycles. The third-order valence-corrected chi connectivity index (χ3v) is 21.0. The van der Waals surface area contributed by atoms with Crippen molar-refractivity contribution in [3.63, 3.8) is 0 Å². The molecule has 2 heterocycles. The zero-order valence-corrected chi connectivity index (χ0v) is 90.6. The van der Waals surface area contributed by atoms with Crippen LogP contribution in [0.25, 0.3) is 0 Å². The van der Waals surface area contributed by atoms with Crippen LogP contribution >= 0.6 is 0 Å². The number of nitrogens with zero attached hydrogens (tertiary/aromatic N) is 8. The molecule has 2 saturated heterocycles. The van der Waals surface area contributed by atoms with Crippen LogP contribution < -0.4 is 0 Å². The predicted molar refractivity (Wildman–Crippen MR) is 581 cm³/mol. The van der Waals surface area contributed by atoms with E-state index < -0.39 is 0 Å². The summed E-state index contributed by atoms with van der Waals surface area (Å²) in [5.74, 6) is 2.29. The molecule has 732 valence electrons. The molecule has 3 unspecified atom stereocenters. The highest BCUT2D eigenvalue weighted by Crippen LogP contribution is 2.16. The summed E-state index contributed by atoms with van der Waals surface area (Å²) in [4.78, 5) is 17.8. The second kappa shape index (κ2) is 93.6. The molecule has 0 spiro atoms. The molecule has 10 nitrogen and oxygen atoms in total. The lowest BCUT2D eigenvalue weighted by Crippen LogP contribution is -2.41. The number of likely N-dealkylation sites (tertiary alicyclic amines) is 2. The summed E-state index contributed by atoms with van der Waals surface area (Å²) in [6, 6.07) is 85.6. The second-order valence-electron chi connectivity index (χ2n) is 36.5. The van der Waals surface area contributed by atoms with Gasteiger partial charge in [0.25, 0.3) is 0 Å². The Morgan fingerprint density at radius 3 is 0.750 bits per heavy atom. The molecule has 8 aromatic carbocycles. The number of aryl methyl sites for hydroxylation is 6. The van der Waals surface area contributed by atoms with Crippen LogP contribution in [0.3, 0.4) is 0 Å². The van der Waals surface area contributed by atoms with Crippen molar-refractivity contribution in [2.75, 3.05) is 171 Å². The minimum Gasteiger partial charge on any atom is -0.380 e. The van der Waals surface area contributed by atoms with Crippen LogP contribution in [0.1, 0.15) is 255 Å². The molecule has 10 heteroatoms. The lowest BCUT2D eigenvalue weighted by molar-refractivity contribution is 0.0920. The Morgan fingerprint density at radius 1 is 0.352 bits per heavy atom. The van der Waals surface area contributed by atoms with E-state index in [-0.39, 0.29) is 0 Å². The first-order chi connectivity index (χ1) is 61.0. The lowest BCUT2D eigenvalue weighted by atomic mass is 10.0. The van der Waals surface area contributed by atoms with Crippen LogP contribution in [0.5, 0.6) is 0 Å². The molecule has 3 atom stereocenters. The Hall–Kier alpha value is -6.64. The SMILES string of the molecule is CC.CC.CC(COCCN(C)C)Cc1ccccc1.CC(Cc1ccccc1)CN(C)C.CC1CCCN1C.CC1CN(C)C1.CCC(C)(C)N(C)C.CCCc1ccccc1.CCCc1ccccc1.CCCc1ccccc1.CCCc1ccccc1.CCCc1ccccc1.CCCc1ccccc1.CCN(C)C.CCOCCN(C)C.CN(C)C(C)(C)C.